The molecule has 6 heteroatoms. The molecule has 2 aromatic heterocycles. The van der Waals surface area contributed by atoms with E-state index in [9.17, 15) is 0 Å². The van der Waals surface area contributed by atoms with Crippen LogP contribution in [0.3, 0.4) is 0 Å². The lowest BCUT2D eigenvalue weighted by atomic mass is 10.2. The molecule has 0 saturated carbocycles. The Hall–Kier alpha value is -1.69. The highest BCUT2D eigenvalue weighted by Gasteiger charge is 2.06. The fraction of sp³-hybridized carbons (Fsp3) is 0.615. The molecule has 0 bridgehead atoms. The molecule has 0 amide bonds. The van der Waals surface area contributed by atoms with Crippen LogP contribution in [-0.4, -0.2) is 39.7 Å². The minimum atomic E-state index is 0.586. The molecule has 0 aliphatic heterocycles. The largest absolute Gasteiger partial charge is 0.381 e. The lowest BCUT2D eigenvalue weighted by molar-refractivity contribution is 0.110. The summed E-state index contributed by atoms with van der Waals surface area (Å²) in [5.41, 5.74) is 1.56. The maximum Gasteiger partial charge on any atom is 0.183 e. The van der Waals surface area contributed by atoms with Crippen LogP contribution in [0.15, 0.2) is 6.33 Å². The third kappa shape index (κ3) is 3.89. The molecule has 104 valence electrons. The van der Waals surface area contributed by atoms with E-state index in [1.54, 1.807) is 0 Å². The van der Waals surface area contributed by atoms with Gasteiger partial charge in [-0.1, -0.05) is 13.8 Å². The van der Waals surface area contributed by atoms with Crippen LogP contribution >= 0.6 is 0 Å². The summed E-state index contributed by atoms with van der Waals surface area (Å²) in [5.74, 6) is 2.23. The Balaban J connectivity index is 1.81. The van der Waals surface area contributed by atoms with E-state index in [0.717, 1.165) is 43.3 Å². The van der Waals surface area contributed by atoms with Crippen LogP contribution in [0.25, 0.3) is 11.2 Å². The molecular formula is C13H21N5O. The predicted molar refractivity (Wildman–Crippen MR) is 75.2 cm³/mol. The molecule has 0 fully saturated rings. The van der Waals surface area contributed by atoms with Gasteiger partial charge in [-0.05, 0) is 19.3 Å². The number of rotatable bonds is 7. The minimum Gasteiger partial charge on any atom is -0.381 e. The number of hydrogen-bond donors (Lipinski definition) is 2. The fourth-order valence-electron chi connectivity index (χ4n) is 1.78. The molecule has 0 saturated heterocycles. The van der Waals surface area contributed by atoms with Gasteiger partial charge in [0, 0.05) is 19.8 Å². The third-order valence-corrected chi connectivity index (χ3v) is 2.62. The number of anilines is 1. The first-order chi connectivity index (χ1) is 9.16. The van der Waals surface area contributed by atoms with Crippen LogP contribution in [0, 0.1) is 12.8 Å². The maximum atomic E-state index is 5.53. The van der Waals surface area contributed by atoms with Crippen LogP contribution in [0.5, 0.6) is 0 Å². The summed E-state index contributed by atoms with van der Waals surface area (Å²) in [6.07, 6.45) is 2.48. The maximum absolute atomic E-state index is 5.53. The van der Waals surface area contributed by atoms with Gasteiger partial charge in [-0.2, -0.15) is 0 Å². The van der Waals surface area contributed by atoms with Crippen LogP contribution in [0.4, 0.5) is 5.82 Å². The Kier molecular flexibility index (Phi) is 4.68. The summed E-state index contributed by atoms with van der Waals surface area (Å²) < 4.78 is 5.53. The second-order valence-electron chi connectivity index (χ2n) is 4.99. The Bertz CT molecular complexity index is 523. The van der Waals surface area contributed by atoms with Crippen LogP contribution in [0.1, 0.15) is 26.1 Å². The number of H-pyrrole nitrogens is 1. The number of imidazole rings is 1. The molecule has 2 aromatic rings. The van der Waals surface area contributed by atoms with E-state index in [1.807, 2.05) is 6.92 Å². The average molecular weight is 263 g/mol. The number of hydrogen-bond acceptors (Lipinski definition) is 5. The molecule has 19 heavy (non-hydrogen) atoms. The van der Waals surface area contributed by atoms with E-state index in [-0.39, 0.29) is 0 Å². The van der Waals surface area contributed by atoms with E-state index in [2.05, 4.69) is 39.1 Å². The standard InChI is InChI=1S/C13H21N5O/c1-9(2)7-19-6-4-5-14-12-11-13(16-8-15-12)18-10(3)17-11/h8-9H,4-7H2,1-3H3,(H2,14,15,16,17,18). The molecule has 0 aromatic carbocycles. The molecule has 0 aliphatic carbocycles. The van der Waals surface area contributed by atoms with Crippen molar-refractivity contribution >= 4 is 17.0 Å². The summed E-state index contributed by atoms with van der Waals surface area (Å²) in [7, 11) is 0. The number of aromatic amines is 1. The Morgan fingerprint density at radius 2 is 2.21 bits per heavy atom. The van der Waals surface area contributed by atoms with E-state index in [1.165, 1.54) is 6.33 Å². The molecule has 0 spiro atoms. The zero-order chi connectivity index (χ0) is 13.7. The average Bonchev–Trinajstić information content (AvgIpc) is 2.74. The van der Waals surface area contributed by atoms with Gasteiger partial charge in [-0.15, -0.1) is 0 Å². The van der Waals surface area contributed by atoms with Gasteiger partial charge < -0.3 is 15.0 Å². The number of nitrogens with one attached hydrogen (secondary N) is 2. The lowest BCUT2D eigenvalue weighted by Crippen LogP contribution is -2.09. The molecule has 6 nitrogen and oxygen atoms in total. The van der Waals surface area contributed by atoms with E-state index in [0.29, 0.717) is 11.6 Å². The number of fused-ring (bicyclic) bond motifs is 1. The topological polar surface area (TPSA) is 75.7 Å². The Morgan fingerprint density at radius 1 is 1.37 bits per heavy atom. The van der Waals surface area contributed by atoms with Gasteiger partial charge in [0.05, 0.1) is 0 Å². The smallest absolute Gasteiger partial charge is 0.183 e. The van der Waals surface area contributed by atoms with E-state index in [4.69, 9.17) is 4.74 Å². The van der Waals surface area contributed by atoms with Gasteiger partial charge >= 0.3 is 0 Å². The molecule has 0 atom stereocenters. The second-order valence-corrected chi connectivity index (χ2v) is 4.99. The van der Waals surface area contributed by atoms with Gasteiger partial charge in [-0.3, -0.25) is 0 Å². The Labute approximate surface area is 113 Å². The lowest BCUT2D eigenvalue weighted by Gasteiger charge is -2.08. The van der Waals surface area contributed by atoms with Crippen molar-refractivity contribution in [2.24, 2.45) is 5.92 Å². The highest BCUT2D eigenvalue weighted by atomic mass is 16.5. The first-order valence-corrected chi connectivity index (χ1v) is 6.65. The summed E-state index contributed by atoms with van der Waals surface area (Å²) in [4.78, 5) is 15.8. The quantitative estimate of drug-likeness (QED) is 0.748. The molecular weight excluding hydrogens is 242 g/mol. The van der Waals surface area contributed by atoms with Crippen molar-refractivity contribution in [2.75, 3.05) is 25.1 Å². The number of aryl methyl sites for hydroxylation is 1. The van der Waals surface area contributed by atoms with E-state index < -0.39 is 0 Å². The summed E-state index contributed by atoms with van der Waals surface area (Å²) in [5, 5.41) is 3.29. The molecule has 2 heterocycles. The van der Waals surface area contributed by atoms with Crippen LogP contribution < -0.4 is 5.32 Å². The van der Waals surface area contributed by atoms with Crippen molar-refractivity contribution in [3.05, 3.63) is 12.2 Å². The zero-order valence-corrected chi connectivity index (χ0v) is 11.7. The first-order valence-electron chi connectivity index (χ1n) is 6.65. The van der Waals surface area contributed by atoms with Crippen molar-refractivity contribution in [3.63, 3.8) is 0 Å². The predicted octanol–water partition coefficient (Wildman–Crippen LogP) is 2.14. The summed E-state index contributed by atoms with van der Waals surface area (Å²) in [6, 6.07) is 0. The van der Waals surface area contributed by atoms with Gasteiger partial charge in [-0.25, -0.2) is 15.0 Å². The highest BCUT2D eigenvalue weighted by molar-refractivity contribution is 5.82. The molecule has 2 N–H and O–H groups in total. The summed E-state index contributed by atoms with van der Waals surface area (Å²) in [6.45, 7) is 8.61. The molecule has 0 unspecified atom stereocenters. The molecule has 0 radical (unpaired) electrons. The van der Waals surface area contributed by atoms with Crippen molar-refractivity contribution in [3.8, 4) is 0 Å². The van der Waals surface area contributed by atoms with Crippen molar-refractivity contribution in [1.82, 2.24) is 19.9 Å². The van der Waals surface area contributed by atoms with Gasteiger partial charge in [0.1, 0.15) is 17.7 Å². The SMILES string of the molecule is Cc1nc2ncnc(NCCCOCC(C)C)c2[nH]1. The van der Waals surface area contributed by atoms with Crippen LogP contribution in [-0.2, 0) is 4.74 Å². The van der Waals surface area contributed by atoms with Crippen molar-refractivity contribution < 1.29 is 4.74 Å². The normalized spacial score (nSPS) is 11.4. The van der Waals surface area contributed by atoms with Crippen molar-refractivity contribution in [1.29, 1.82) is 0 Å². The number of ether oxygens (including phenoxy) is 1. The fourth-order valence-corrected chi connectivity index (χ4v) is 1.78. The number of nitrogens with zero attached hydrogens (tertiary/aromatic N) is 3. The molecule has 0 aliphatic rings. The second kappa shape index (κ2) is 6.47. The summed E-state index contributed by atoms with van der Waals surface area (Å²) >= 11 is 0. The molecule has 2 rings (SSSR count). The van der Waals surface area contributed by atoms with E-state index >= 15 is 0 Å². The van der Waals surface area contributed by atoms with Gasteiger partial charge in [0.25, 0.3) is 0 Å². The Morgan fingerprint density at radius 3 is 3.00 bits per heavy atom. The monoisotopic (exact) mass is 263 g/mol. The minimum absolute atomic E-state index is 0.586. The first kappa shape index (κ1) is 13.7. The third-order valence-electron chi connectivity index (χ3n) is 2.62. The van der Waals surface area contributed by atoms with Gasteiger partial charge in [0.2, 0.25) is 0 Å². The highest BCUT2D eigenvalue weighted by Crippen LogP contribution is 2.15. The van der Waals surface area contributed by atoms with Crippen LogP contribution in [0.2, 0.25) is 0 Å². The zero-order valence-electron chi connectivity index (χ0n) is 11.7. The van der Waals surface area contributed by atoms with Crippen molar-refractivity contribution in [2.45, 2.75) is 27.2 Å². The number of aromatic nitrogens is 4. The van der Waals surface area contributed by atoms with Gasteiger partial charge in [0.15, 0.2) is 11.5 Å².